The first-order valence-corrected chi connectivity index (χ1v) is 16.5. The topological polar surface area (TPSA) is 147 Å². The summed E-state index contributed by atoms with van der Waals surface area (Å²) in [6, 6.07) is 5.12. The molecule has 1 amide bonds. The molecule has 0 bridgehead atoms. The van der Waals surface area contributed by atoms with Crippen molar-refractivity contribution in [2.45, 2.75) is 108 Å². The van der Waals surface area contributed by atoms with Crippen LogP contribution in [0.1, 0.15) is 81.6 Å². The average Bonchev–Trinajstić information content (AvgIpc) is 3.97. The number of esters is 3. The van der Waals surface area contributed by atoms with Gasteiger partial charge in [0.25, 0.3) is 0 Å². The van der Waals surface area contributed by atoms with Gasteiger partial charge in [0.1, 0.15) is 23.9 Å². The minimum atomic E-state index is -4.64. The van der Waals surface area contributed by atoms with Gasteiger partial charge in [-0.05, 0) is 82.7 Å². The Balaban J connectivity index is 1.26. The minimum Gasteiger partial charge on any atom is -0.460 e. The van der Waals surface area contributed by atoms with Crippen molar-refractivity contribution in [2.24, 2.45) is 11.8 Å². The Labute approximate surface area is 282 Å². The van der Waals surface area contributed by atoms with Crippen LogP contribution in [0, 0.1) is 11.8 Å². The maximum absolute atomic E-state index is 13.5. The standard InChI is InChI=1S/C35H42F3NO10/c1-33(2,3)48-29(42)15-13-25(18-40)39-31(43)22-16-26(30-27(17-22)47-35(49-30,23-9-10-23)24-11-12-24)46-32(44)21-7-4-20(5-8-21)6-14-28(41)45-19-34(36,37)38/h4-8,14,17,23-27,30,40H,9-13,15-16,18-19H2,1-3H3,(H,39,43)/t25-,26+,27+,30-/m0/s1. The number of nitrogens with one attached hydrogen (secondary N) is 1. The van der Waals surface area contributed by atoms with E-state index in [0.717, 1.165) is 31.8 Å². The molecule has 2 saturated carbocycles. The number of fused-ring (bicyclic) bond motifs is 1. The van der Waals surface area contributed by atoms with Crippen molar-refractivity contribution in [1.82, 2.24) is 5.32 Å². The lowest BCUT2D eigenvalue weighted by molar-refractivity contribution is -0.209. The van der Waals surface area contributed by atoms with Crippen LogP contribution in [0.5, 0.6) is 0 Å². The molecule has 0 spiro atoms. The van der Waals surface area contributed by atoms with Crippen molar-refractivity contribution >= 4 is 29.9 Å². The van der Waals surface area contributed by atoms with E-state index in [4.69, 9.17) is 18.9 Å². The summed E-state index contributed by atoms with van der Waals surface area (Å²) in [7, 11) is 0. The normalized spacial score (nSPS) is 24.1. The zero-order chi connectivity index (χ0) is 35.6. The summed E-state index contributed by atoms with van der Waals surface area (Å²) < 4.78 is 65.4. The van der Waals surface area contributed by atoms with Crippen LogP contribution in [0.3, 0.4) is 0 Å². The Bertz CT molecular complexity index is 1450. The van der Waals surface area contributed by atoms with Gasteiger partial charge in [-0.1, -0.05) is 12.1 Å². The van der Waals surface area contributed by atoms with E-state index in [1.807, 2.05) is 0 Å². The fraction of sp³-hybridized carbons (Fsp3) is 0.600. The van der Waals surface area contributed by atoms with E-state index in [1.54, 1.807) is 26.8 Å². The summed E-state index contributed by atoms with van der Waals surface area (Å²) in [5, 5.41) is 12.7. The summed E-state index contributed by atoms with van der Waals surface area (Å²) in [4.78, 5) is 50.6. The Morgan fingerprint density at radius 3 is 2.27 bits per heavy atom. The first-order valence-electron chi connectivity index (χ1n) is 16.5. The summed E-state index contributed by atoms with van der Waals surface area (Å²) in [6.07, 6.45) is 0.918. The molecule has 1 aromatic carbocycles. The van der Waals surface area contributed by atoms with Crippen LogP contribution in [0.25, 0.3) is 6.08 Å². The highest BCUT2D eigenvalue weighted by atomic mass is 19.4. The molecule has 4 atom stereocenters. The summed E-state index contributed by atoms with van der Waals surface area (Å²) in [6.45, 7) is 3.15. The molecule has 4 aliphatic rings. The van der Waals surface area contributed by atoms with Crippen molar-refractivity contribution < 1.29 is 61.1 Å². The molecule has 49 heavy (non-hydrogen) atoms. The van der Waals surface area contributed by atoms with Crippen molar-refractivity contribution in [1.29, 1.82) is 0 Å². The van der Waals surface area contributed by atoms with Crippen molar-refractivity contribution in [3.8, 4) is 0 Å². The van der Waals surface area contributed by atoms with Gasteiger partial charge in [0.15, 0.2) is 12.4 Å². The van der Waals surface area contributed by atoms with E-state index in [-0.39, 0.29) is 36.7 Å². The Kier molecular flexibility index (Phi) is 10.9. The highest BCUT2D eigenvalue weighted by molar-refractivity contribution is 5.94. The molecule has 5 rings (SSSR count). The van der Waals surface area contributed by atoms with Gasteiger partial charge >= 0.3 is 24.1 Å². The molecule has 11 nitrogen and oxygen atoms in total. The van der Waals surface area contributed by atoms with Gasteiger partial charge in [-0.15, -0.1) is 0 Å². The van der Waals surface area contributed by atoms with Crippen molar-refractivity contribution in [3.63, 3.8) is 0 Å². The lowest BCUT2D eigenvalue weighted by atomic mass is 9.91. The molecular formula is C35H42F3NO10. The van der Waals surface area contributed by atoms with Crippen LogP contribution in [-0.4, -0.2) is 84.1 Å². The van der Waals surface area contributed by atoms with Gasteiger partial charge in [0.05, 0.1) is 18.2 Å². The number of halogens is 3. The molecule has 1 saturated heterocycles. The van der Waals surface area contributed by atoms with E-state index in [1.165, 1.54) is 30.3 Å². The van der Waals surface area contributed by atoms with Gasteiger partial charge in [-0.3, -0.25) is 9.59 Å². The molecule has 3 aliphatic carbocycles. The monoisotopic (exact) mass is 693 g/mol. The Morgan fingerprint density at radius 2 is 1.69 bits per heavy atom. The Hall–Kier alpha value is -3.75. The maximum Gasteiger partial charge on any atom is 0.422 e. The van der Waals surface area contributed by atoms with Crippen LogP contribution in [0.15, 0.2) is 42.0 Å². The molecule has 268 valence electrons. The summed E-state index contributed by atoms with van der Waals surface area (Å²) in [5.41, 5.74) is 0.211. The number of rotatable bonds is 13. The van der Waals surface area contributed by atoms with Crippen molar-refractivity contribution in [3.05, 3.63) is 53.1 Å². The number of aliphatic hydroxyl groups excluding tert-OH is 1. The molecular weight excluding hydrogens is 651 g/mol. The molecule has 0 unspecified atom stereocenters. The van der Waals surface area contributed by atoms with Crippen LogP contribution < -0.4 is 5.32 Å². The van der Waals surface area contributed by atoms with Crippen molar-refractivity contribution in [2.75, 3.05) is 13.2 Å². The Morgan fingerprint density at radius 1 is 1.04 bits per heavy atom. The summed E-state index contributed by atoms with van der Waals surface area (Å²) in [5.74, 6) is -3.19. The second-order valence-corrected chi connectivity index (χ2v) is 13.9. The van der Waals surface area contributed by atoms with Crippen LogP contribution in [0.2, 0.25) is 0 Å². The smallest absolute Gasteiger partial charge is 0.422 e. The number of benzene rings is 1. The number of ether oxygens (including phenoxy) is 5. The lowest BCUT2D eigenvalue weighted by Gasteiger charge is -2.31. The zero-order valence-electron chi connectivity index (χ0n) is 27.6. The largest absolute Gasteiger partial charge is 0.460 e. The quantitative estimate of drug-likeness (QED) is 0.171. The SMILES string of the molecule is CC(C)(C)OC(=O)CC[C@@H](CO)NC(=O)C1=C[C@H]2OC(C3CC3)(C3CC3)O[C@H]2[C@H](OC(=O)c2ccc(C=CC(=O)OCC(F)(F)F)cc2)C1. The zero-order valence-corrected chi connectivity index (χ0v) is 27.6. The van der Waals surface area contributed by atoms with Crippen LogP contribution in [0.4, 0.5) is 13.2 Å². The molecule has 1 aliphatic heterocycles. The number of carbonyl (C=O) groups is 4. The number of hydrogen-bond donors (Lipinski definition) is 2. The van der Waals surface area contributed by atoms with E-state index >= 15 is 0 Å². The average molecular weight is 694 g/mol. The molecule has 1 aromatic rings. The maximum atomic E-state index is 13.5. The summed E-state index contributed by atoms with van der Waals surface area (Å²) >= 11 is 0. The van der Waals surface area contributed by atoms with Gasteiger partial charge in [0.2, 0.25) is 5.91 Å². The number of carbonyl (C=O) groups excluding carboxylic acids is 4. The number of aliphatic hydroxyl groups is 1. The molecule has 2 N–H and O–H groups in total. The molecule has 3 fully saturated rings. The second-order valence-electron chi connectivity index (χ2n) is 13.9. The fourth-order valence-corrected chi connectivity index (χ4v) is 6.04. The van der Waals surface area contributed by atoms with Gasteiger partial charge in [0, 0.05) is 36.3 Å². The first-order chi connectivity index (χ1) is 23.0. The fourth-order valence-electron chi connectivity index (χ4n) is 6.04. The third kappa shape index (κ3) is 9.92. The van der Waals surface area contributed by atoms with Crippen LogP contribution >= 0.6 is 0 Å². The predicted octanol–water partition coefficient (Wildman–Crippen LogP) is 4.56. The number of alkyl halides is 3. The lowest BCUT2D eigenvalue weighted by Crippen LogP contribution is -2.45. The highest BCUT2D eigenvalue weighted by Crippen LogP contribution is 2.59. The van der Waals surface area contributed by atoms with Gasteiger partial charge < -0.3 is 34.1 Å². The second kappa shape index (κ2) is 14.6. The molecule has 0 aromatic heterocycles. The third-order valence-corrected chi connectivity index (χ3v) is 8.57. The van der Waals surface area contributed by atoms with E-state index < -0.39 is 78.9 Å². The van der Waals surface area contributed by atoms with E-state index in [2.05, 4.69) is 10.1 Å². The van der Waals surface area contributed by atoms with E-state index in [9.17, 15) is 37.5 Å². The van der Waals surface area contributed by atoms with Gasteiger partial charge in [-0.2, -0.15) is 13.2 Å². The van der Waals surface area contributed by atoms with Gasteiger partial charge in [-0.25, -0.2) is 9.59 Å². The predicted molar refractivity (Wildman–Crippen MR) is 166 cm³/mol. The van der Waals surface area contributed by atoms with Crippen LogP contribution in [-0.2, 0) is 38.1 Å². The van der Waals surface area contributed by atoms with E-state index in [0.29, 0.717) is 11.1 Å². The number of hydrogen-bond acceptors (Lipinski definition) is 10. The number of amides is 1. The molecule has 0 radical (unpaired) electrons. The highest BCUT2D eigenvalue weighted by Gasteiger charge is 2.64. The first kappa shape index (κ1) is 36.5. The molecule has 14 heteroatoms. The molecule has 1 heterocycles. The minimum absolute atomic E-state index is 0.00820. The third-order valence-electron chi connectivity index (χ3n) is 8.57.